The van der Waals surface area contributed by atoms with Crippen LogP contribution in [0.4, 0.5) is 5.69 Å². The number of amides is 1. The Bertz CT molecular complexity index is 858. The van der Waals surface area contributed by atoms with Crippen molar-refractivity contribution in [2.45, 2.75) is 32.1 Å². The van der Waals surface area contributed by atoms with Crippen molar-refractivity contribution in [2.24, 2.45) is 0 Å². The number of hydrogen-bond acceptors (Lipinski definition) is 5. The van der Waals surface area contributed by atoms with Crippen molar-refractivity contribution in [3.8, 4) is 0 Å². The first-order valence-corrected chi connectivity index (χ1v) is 8.97. The van der Waals surface area contributed by atoms with E-state index in [1.54, 1.807) is 18.2 Å². The highest BCUT2D eigenvalue weighted by atomic mass is 16.6. The second-order valence-electron chi connectivity index (χ2n) is 6.39. The first-order valence-electron chi connectivity index (χ1n) is 8.97. The summed E-state index contributed by atoms with van der Waals surface area (Å²) < 4.78 is 0. The second-order valence-corrected chi connectivity index (χ2v) is 6.39. The maximum Gasteiger partial charge on any atom is 0.269 e. The van der Waals surface area contributed by atoms with E-state index in [2.05, 4.69) is 0 Å². The minimum Gasteiger partial charge on any atom is -0.309 e. The highest BCUT2D eigenvalue weighted by Crippen LogP contribution is 2.24. The molecule has 28 heavy (non-hydrogen) atoms. The van der Waals surface area contributed by atoms with Gasteiger partial charge in [0.15, 0.2) is 0 Å². The molecule has 2 aromatic carbocycles. The van der Waals surface area contributed by atoms with Crippen LogP contribution in [0.2, 0.25) is 0 Å². The second kappa shape index (κ2) is 10.1. The Balaban J connectivity index is 1.99. The van der Waals surface area contributed by atoms with Gasteiger partial charge in [-0.1, -0.05) is 43.3 Å². The molecule has 2 aromatic rings. The van der Waals surface area contributed by atoms with Crippen LogP contribution >= 0.6 is 0 Å². The zero-order chi connectivity index (χ0) is 20.5. The Morgan fingerprint density at radius 3 is 2.39 bits per heavy atom. The lowest BCUT2D eigenvalue weighted by Crippen LogP contribution is -2.14. The van der Waals surface area contributed by atoms with Gasteiger partial charge in [-0.25, -0.2) is 5.48 Å². The van der Waals surface area contributed by atoms with Crippen LogP contribution < -0.4 is 5.48 Å². The number of aryl methyl sites for hydroxylation is 1. The van der Waals surface area contributed by atoms with E-state index in [0.29, 0.717) is 18.6 Å². The Morgan fingerprint density at radius 2 is 1.86 bits per heavy atom. The van der Waals surface area contributed by atoms with E-state index in [1.165, 1.54) is 23.7 Å². The molecule has 0 bridgehead atoms. The van der Waals surface area contributed by atoms with Gasteiger partial charge in [-0.3, -0.25) is 20.1 Å². The van der Waals surface area contributed by atoms with E-state index < -0.39 is 10.8 Å². The van der Waals surface area contributed by atoms with Gasteiger partial charge in [-0.15, -0.1) is 0 Å². The van der Waals surface area contributed by atoms with Crippen LogP contribution in [-0.2, 0) is 11.2 Å². The molecule has 3 N–H and O–H groups in total. The smallest absolute Gasteiger partial charge is 0.269 e. The van der Waals surface area contributed by atoms with Crippen molar-refractivity contribution in [3.05, 3.63) is 81.4 Å². The monoisotopic (exact) mass is 381 g/mol. The van der Waals surface area contributed by atoms with Crippen molar-refractivity contribution < 1.29 is 14.9 Å². The van der Waals surface area contributed by atoms with Crippen LogP contribution in [0.3, 0.4) is 0 Å². The molecule has 146 valence electrons. The van der Waals surface area contributed by atoms with Crippen molar-refractivity contribution >= 4 is 23.4 Å². The molecule has 0 aromatic heterocycles. The maximum atomic E-state index is 11.0. The van der Waals surface area contributed by atoms with E-state index in [0.717, 1.165) is 23.1 Å². The number of rotatable bonds is 9. The number of nitro benzene ring substituents is 1. The van der Waals surface area contributed by atoms with Gasteiger partial charge in [0.05, 0.1) is 4.92 Å². The number of carbonyl (C=O) groups is 1. The fourth-order valence-electron chi connectivity index (χ4n) is 2.97. The number of hydrogen-bond donors (Lipinski definition) is 3. The first-order chi connectivity index (χ1) is 13.4. The summed E-state index contributed by atoms with van der Waals surface area (Å²) in [5, 5.41) is 27.7. The number of hydroxylamine groups is 1. The SMILES string of the molecule is CCC(C(=N)CCc1ccc([N+](=O)[O-])cc1)c1ccc(/C=C/C(=O)NO)cc1. The van der Waals surface area contributed by atoms with Crippen molar-refractivity contribution in [2.75, 3.05) is 0 Å². The molecule has 7 heteroatoms. The Hall–Kier alpha value is -3.32. The number of nitro groups is 1. The van der Waals surface area contributed by atoms with Crippen LogP contribution in [0.15, 0.2) is 54.6 Å². The fraction of sp³-hybridized carbons (Fsp3) is 0.238. The molecule has 0 fully saturated rings. The van der Waals surface area contributed by atoms with E-state index >= 15 is 0 Å². The van der Waals surface area contributed by atoms with Gasteiger partial charge in [0.2, 0.25) is 0 Å². The zero-order valence-corrected chi connectivity index (χ0v) is 15.6. The summed E-state index contributed by atoms with van der Waals surface area (Å²) in [4.78, 5) is 21.3. The van der Waals surface area contributed by atoms with Crippen molar-refractivity contribution in [1.82, 2.24) is 5.48 Å². The van der Waals surface area contributed by atoms with Gasteiger partial charge < -0.3 is 5.41 Å². The molecule has 0 spiro atoms. The standard InChI is InChI=1S/C21H23N3O4/c1-2-19(17-9-3-15(4-10-17)8-14-21(25)23-26)20(22)13-7-16-5-11-18(12-6-16)24(27)28/h3-6,8-12,14,19,22,26H,2,7,13H2,1H3,(H,23,25)/b14-8+,22-20?. The van der Waals surface area contributed by atoms with Crippen molar-refractivity contribution in [1.29, 1.82) is 5.41 Å². The summed E-state index contributed by atoms with van der Waals surface area (Å²) in [5.74, 6) is -0.597. The van der Waals surface area contributed by atoms with Crippen LogP contribution in [0.25, 0.3) is 6.08 Å². The number of carbonyl (C=O) groups excluding carboxylic acids is 1. The van der Waals surface area contributed by atoms with Crippen LogP contribution in [-0.4, -0.2) is 21.7 Å². The largest absolute Gasteiger partial charge is 0.309 e. The highest BCUT2D eigenvalue weighted by Gasteiger charge is 2.15. The van der Waals surface area contributed by atoms with E-state index in [9.17, 15) is 14.9 Å². The lowest BCUT2D eigenvalue weighted by molar-refractivity contribution is -0.384. The van der Waals surface area contributed by atoms with Gasteiger partial charge in [0.1, 0.15) is 0 Å². The van der Waals surface area contributed by atoms with E-state index in [-0.39, 0.29) is 11.6 Å². The average molecular weight is 381 g/mol. The van der Waals surface area contributed by atoms with E-state index in [4.69, 9.17) is 10.6 Å². The predicted molar refractivity (Wildman–Crippen MR) is 108 cm³/mol. The molecule has 0 aliphatic carbocycles. The topological polar surface area (TPSA) is 116 Å². The van der Waals surface area contributed by atoms with Gasteiger partial charge in [0, 0.05) is 29.8 Å². The van der Waals surface area contributed by atoms with Crippen LogP contribution in [0.5, 0.6) is 0 Å². The van der Waals surface area contributed by atoms with Crippen LogP contribution in [0.1, 0.15) is 42.4 Å². The highest BCUT2D eigenvalue weighted by molar-refractivity contribution is 5.91. The minimum absolute atomic E-state index is 0.00295. The summed E-state index contributed by atoms with van der Waals surface area (Å²) in [5.41, 5.74) is 5.03. The fourth-order valence-corrected chi connectivity index (χ4v) is 2.97. The Morgan fingerprint density at radius 1 is 1.21 bits per heavy atom. The first kappa shape index (κ1) is 21.0. The predicted octanol–water partition coefficient (Wildman–Crippen LogP) is 4.26. The zero-order valence-electron chi connectivity index (χ0n) is 15.6. The summed E-state index contributed by atoms with van der Waals surface area (Å²) in [6, 6.07) is 14.0. The lowest BCUT2D eigenvalue weighted by atomic mass is 9.88. The average Bonchev–Trinajstić information content (AvgIpc) is 2.72. The third-order valence-electron chi connectivity index (χ3n) is 4.54. The molecular weight excluding hydrogens is 358 g/mol. The summed E-state index contributed by atoms with van der Waals surface area (Å²) in [6.07, 6.45) is 4.86. The summed E-state index contributed by atoms with van der Waals surface area (Å²) >= 11 is 0. The molecule has 0 radical (unpaired) electrons. The molecule has 0 aliphatic rings. The Labute approximate surface area is 163 Å². The van der Waals surface area contributed by atoms with Crippen LogP contribution in [0, 0.1) is 15.5 Å². The van der Waals surface area contributed by atoms with E-state index in [1.807, 2.05) is 31.2 Å². The maximum absolute atomic E-state index is 11.0. The molecule has 0 saturated carbocycles. The molecule has 0 heterocycles. The van der Waals surface area contributed by atoms with Gasteiger partial charge in [-0.2, -0.15) is 0 Å². The normalized spacial score (nSPS) is 11.9. The third kappa shape index (κ3) is 5.85. The summed E-state index contributed by atoms with van der Waals surface area (Å²) in [7, 11) is 0. The number of benzene rings is 2. The molecule has 7 nitrogen and oxygen atoms in total. The Kier molecular flexibility index (Phi) is 7.59. The molecule has 0 saturated heterocycles. The van der Waals surface area contributed by atoms with Gasteiger partial charge >= 0.3 is 0 Å². The molecule has 1 unspecified atom stereocenters. The van der Waals surface area contributed by atoms with Gasteiger partial charge in [0.25, 0.3) is 11.6 Å². The van der Waals surface area contributed by atoms with Gasteiger partial charge in [-0.05, 0) is 42.0 Å². The number of nitrogens with one attached hydrogen (secondary N) is 2. The van der Waals surface area contributed by atoms with Crippen molar-refractivity contribution in [3.63, 3.8) is 0 Å². The quantitative estimate of drug-likeness (QED) is 0.198. The minimum atomic E-state index is -0.594. The third-order valence-corrected chi connectivity index (χ3v) is 4.54. The summed E-state index contributed by atoms with van der Waals surface area (Å²) in [6.45, 7) is 2.03. The molecular formula is C21H23N3O4. The number of non-ortho nitro benzene ring substituents is 1. The molecule has 0 aliphatic heterocycles. The molecule has 1 atom stereocenters. The molecule has 1 amide bonds. The number of nitrogens with zero attached hydrogens (tertiary/aromatic N) is 1. The lowest BCUT2D eigenvalue weighted by Gasteiger charge is -2.17. The molecule has 2 rings (SSSR count).